The molecule has 198 valence electrons. The van der Waals surface area contributed by atoms with Crippen molar-refractivity contribution in [1.82, 2.24) is 25.2 Å². The Balaban J connectivity index is 1.48. The number of carbonyl (C=O) groups excluding carboxylic acids is 2. The van der Waals surface area contributed by atoms with Crippen LogP contribution in [0, 0.1) is 5.92 Å². The highest BCUT2D eigenvalue weighted by Gasteiger charge is 2.30. The molecule has 1 atom stereocenters. The number of nitrogens with one attached hydrogen (secondary N) is 2. The first-order chi connectivity index (χ1) is 17.6. The van der Waals surface area contributed by atoms with E-state index in [0.29, 0.717) is 64.9 Å². The van der Waals surface area contributed by atoms with Gasteiger partial charge in [-0.2, -0.15) is 0 Å². The van der Waals surface area contributed by atoms with E-state index in [1.165, 1.54) is 7.11 Å². The molecule has 3 aromatic rings. The lowest BCUT2D eigenvalue weighted by molar-refractivity contribution is 0.0288. The number of aromatic amines is 1. The number of hydrogen-bond acceptors (Lipinski definition) is 8. The molecule has 0 spiro atoms. The van der Waals surface area contributed by atoms with Gasteiger partial charge in [0.2, 0.25) is 5.75 Å². The van der Waals surface area contributed by atoms with Crippen LogP contribution >= 0.6 is 0 Å². The summed E-state index contributed by atoms with van der Waals surface area (Å²) >= 11 is 0. The monoisotopic (exact) mass is 511 g/mol. The van der Waals surface area contributed by atoms with Crippen LogP contribution in [0.15, 0.2) is 24.5 Å². The minimum atomic E-state index is -0.541. The van der Waals surface area contributed by atoms with Crippen molar-refractivity contribution >= 4 is 23.2 Å². The molecule has 1 unspecified atom stereocenters. The SMILES string of the molecule is COc1cc(-c2cnc3[nH]cc(C(=O)NCC4CCN(C(=O)OC(C)(C)C)C4)c3n2)cc(OC)c1OC. The number of carbonyl (C=O) groups is 2. The summed E-state index contributed by atoms with van der Waals surface area (Å²) in [6.07, 6.45) is 3.68. The zero-order valence-corrected chi connectivity index (χ0v) is 22.0. The van der Waals surface area contributed by atoms with Crippen molar-refractivity contribution in [2.45, 2.75) is 32.8 Å². The Morgan fingerprint density at radius 3 is 2.46 bits per heavy atom. The number of nitrogens with zero attached hydrogens (tertiary/aromatic N) is 3. The number of amides is 2. The van der Waals surface area contributed by atoms with E-state index in [1.807, 2.05) is 20.8 Å². The molecule has 1 fully saturated rings. The van der Waals surface area contributed by atoms with Crippen LogP contribution in [0.3, 0.4) is 0 Å². The van der Waals surface area contributed by atoms with E-state index in [0.717, 1.165) is 6.42 Å². The molecular weight excluding hydrogens is 478 g/mol. The molecule has 37 heavy (non-hydrogen) atoms. The Bertz CT molecular complexity index is 1270. The largest absolute Gasteiger partial charge is 0.493 e. The van der Waals surface area contributed by atoms with Crippen LogP contribution in [-0.2, 0) is 4.74 Å². The molecule has 11 heteroatoms. The number of fused-ring (bicyclic) bond motifs is 1. The van der Waals surface area contributed by atoms with E-state index in [2.05, 4.69) is 15.3 Å². The van der Waals surface area contributed by atoms with E-state index < -0.39 is 5.60 Å². The lowest BCUT2D eigenvalue weighted by Gasteiger charge is -2.24. The van der Waals surface area contributed by atoms with Crippen LogP contribution < -0.4 is 19.5 Å². The number of ether oxygens (including phenoxy) is 4. The first kappa shape index (κ1) is 26.1. The third-order valence-electron chi connectivity index (χ3n) is 6.07. The van der Waals surface area contributed by atoms with E-state index in [4.69, 9.17) is 23.9 Å². The second-order valence-corrected chi connectivity index (χ2v) is 9.86. The molecule has 1 aliphatic heterocycles. The lowest BCUT2D eigenvalue weighted by Crippen LogP contribution is -2.36. The van der Waals surface area contributed by atoms with Gasteiger partial charge in [0.1, 0.15) is 11.1 Å². The molecule has 1 saturated heterocycles. The van der Waals surface area contributed by atoms with Crippen molar-refractivity contribution in [3.8, 4) is 28.5 Å². The number of likely N-dealkylation sites (tertiary alicyclic amines) is 1. The normalized spacial score (nSPS) is 15.5. The van der Waals surface area contributed by atoms with Crippen molar-refractivity contribution in [1.29, 1.82) is 0 Å². The molecule has 4 rings (SSSR count). The zero-order chi connectivity index (χ0) is 26.7. The summed E-state index contributed by atoms with van der Waals surface area (Å²) in [7, 11) is 4.63. The first-order valence-corrected chi connectivity index (χ1v) is 12.0. The second-order valence-electron chi connectivity index (χ2n) is 9.86. The van der Waals surface area contributed by atoms with Gasteiger partial charge in [-0.3, -0.25) is 4.79 Å². The van der Waals surface area contributed by atoms with Crippen LogP contribution in [0.1, 0.15) is 37.6 Å². The molecule has 0 saturated carbocycles. The van der Waals surface area contributed by atoms with E-state index >= 15 is 0 Å². The molecule has 0 bridgehead atoms. The zero-order valence-electron chi connectivity index (χ0n) is 22.0. The van der Waals surface area contributed by atoms with Crippen LogP contribution in [0.4, 0.5) is 4.79 Å². The summed E-state index contributed by atoms with van der Waals surface area (Å²) in [5.74, 6) is 1.33. The van der Waals surface area contributed by atoms with E-state index in [1.54, 1.807) is 43.6 Å². The van der Waals surface area contributed by atoms with Crippen LogP contribution in [0.5, 0.6) is 17.2 Å². The summed E-state index contributed by atoms with van der Waals surface area (Å²) in [6.45, 7) is 7.10. The van der Waals surface area contributed by atoms with Crippen LogP contribution in [0.2, 0.25) is 0 Å². The molecule has 11 nitrogen and oxygen atoms in total. The second kappa shape index (κ2) is 10.5. The number of hydrogen-bond donors (Lipinski definition) is 2. The summed E-state index contributed by atoms with van der Waals surface area (Å²) in [4.78, 5) is 39.2. The minimum absolute atomic E-state index is 0.141. The average molecular weight is 512 g/mol. The van der Waals surface area contributed by atoms with Crippen molar-refractivity contribution in [2.75, 3.05) is 41.0 Å². The van der Waals surface area contributed by atoms with Gasteiger partial charge in [-0.1, -0.05) is 0 Å². The molecular formula is C26H33N5O6. The summed E-state index contributed by atoms with van der Waals surface area (Å²) in [5, 5.41) is 2.98. The molecule has 3 heterocycles. The maximum Gasteiger partial charge on any atom is 0.410 e. The molecule has 1 aromatic carbocycles. The number of rotatable bonds is 7. The van der Waals surface area contributed by atoms with Gasteiger partial charge in [-0.05, 0) is 45.2 Å². The smallest absolute Gasteiger partial charge is 0.410 e. The highest BCUT2D eigenvalue weighted by Crippen LogP contribution is 2.41. The fourth-order valence-electron chi connectivity index (χ4n) is 4.26. The van der Waals surface area contributed by atoms with Gasteiger partial charge in [-0.25, -0.2) is 14.8 Å². The topological polar surface area (TPSA) is 128 Å². The van der Waals surface area contributed by atoms with Gasteiger partial charge in [0.25, 0.3) is 5.91 Å². The maximum absolute atomic E-state index is 13.1. The van der Waals surface area contributed by atoms with Gasteiger partial charge in [0.05, 0.1) is 38.8 Å². The lowest BCUT2D eigenvalue weighted by atomic mass is 10.1. The van der Waals surface area contributed by atoms with Crippen molar-refractivity contribution in [3.05, 3.63) is 30.1 Å². The van der Waals surface area contributed by atoms with Gasteiger partial charge in [0.15, 0.2) is 17.1 Å². The van der Waals surface area contributed by atoms with Crippen molar-refractivity contribution in [3.63, 3.8) is 0 Å². The fourth-order valence-corrected chi connectivity index (χ4v) is 4.26. The predicted molar refractivity (Wildman–Crippen MR) is 137 cm³/mol. The highest BCUT2D eigenvalue weighted by molar-refractivity contribution is 6.04. The minimum Gasteiger partial charge on any atom is -0.493 e. The Hall–Kier alpha value is -4.02. The van der Waals surface area contributed by atoms with Crippen LogP contribution in [-0.4, -0.2) is 78.4 Å². The number of methoxy groups -OCH3 is 3. The average Bonchev–Trinajstić information content (AvgIpc) is 3.52. The summed E-state index contributed by atoms with van der Waals surface area (Å²) in [6, 6.07) is 3.56. The molecule has 2 amide bonds. The Kier molecular flexibility index (Phi) is 7.42. The van der Waals surface area contributed by atoms with Gasteiger partial charge < -0.3 is 34.1 Å². The number of H-pyrrole nitrogens is 1. The summed E-state index contributed by atoms with van der Waals surface area (Å²) < 4.78 is 21.7. The summed E-state index contributed by atoms with van der Waals surface area (Å²) in [5.41, 5.74) is 2.04. The fraction of sp³-hybridized carbons (Fsp3) is 0.462. The standard InChI is InChI=1S/C26H33N5O6/c1-26(2,3)37-25(33)31-8-7-15(14-31)11-29-24(32)17-12-27-23-21(17)30-18(13-28-23)16-9-19(34-4)22(36-6)20(10-16)35-5/h9-10,12-13,15H,7-8,11,14H2,1-6H3,(H,27,28)(H,29,32). The predicted octanol–water partition coefficient (Wildman–Crippen LogP) is 3.64. The molecule has 2 N–H and O–H groups in total. The molecule has 1 aliphatic rings. The van der Waals surface area contributed by atoms with Gasteiger partial charge in [-0.15, -0.1) is 0 Å². The maximum atomic E-state index is 13.1. The Morgan fingerprint density at radius 2 is 1.84 bits per heavy atom. The van der Waals surface area contributed by atoms with Crippen LogP contribution in [0.25, 0.3) is 22.4 Å². The third kappa shape index (κ3) is 5.71. The quantitative estimate of drug-likeness (QED) is 0.492. The van der Waals surface area contributed by atoms with Crippen molar-refractivity contribution < 1.29 is 28.5 Å². The van der Waals surface area contributed by atoms with Crippen molar-refractivity contribution in [2.24, 2.45) is 5.92 Å². The molecule has 2 aromatic heterocycles. The third-order valence-corrected chi connectivity index (χ3v) is 6.07. The molecule has 0 radical (unpaired) electrons. The van der Waals surface area contributed by atoms with Gasteiger partial charge in [0, 0.05) is 31.4 Å². The molecule has 0 aliphatic carbocycles. The Labute approximate surface area is 215 Å². The van der Waals surface area contributed by atoms with Gasteiger partial charge >= 0.3 is 6.09 Å². The number of aromatic nitrogens is 3. The van der Waals surface area contributed by atoms with E-state index in [-0.39, 0.29) is 17.9 Å². The number of benzene rings is 1. The highest BCUT2D eigenvalue weighted by atomic mass is 16.6. The Morgan fingerprint density at radius 1 is 1.14 bits per heavy atom. The first-order valence-electron chi connectivity index (χ1n) is 12.0. The van der Waals surface area contributed by atoms with E-state index in [9.17, 15) is 9.59 Å².